The summed E-state index contributed by atoms with van der Waals surface area (Å²) in [6, 6.07) is 110. The molecule has 0 aliphatic carbocycles. The third-order valence-electron chi connectivity index (χ3n) is 18.5. The van der Waals surface area contributed by atoms with Crippen LogP contribution in [0.2, 0.25) is 0 Å². The van der Waals surface area contributed by atoms with Crippen LogP contribution in [0.3, 0.4) is 0 Å². The molecule has 0 saturated heterocycles. The predicted molar refractivity (Wildman–Crippen MR) is 398 cm³/mol. The van der Waals surface area contributed by atoms with Crippen molar-refractivity contribution in [2.45, 2.75) is 13.8 Å². The summed E-state index contributed by atoms with van der Waals surface area (Å²) in [6.07, 6.45) is 0. The topological polar surface area (TPSA) is 66.3 Å². The fourth-order valence-corrected chi connectivity index (χ4v) is 15.7. The van der Waals surface area contributed by atoms with Gasteiger partial charge in [0.25, 0.3) is 0 Å². The lowest BCUT2D eigenvalue weighted by Gasteiger charge is -2.14. The van der Waals surface area contributed by atoms with Crippen molar-refractivity contribution in [3.63, 3.8) is 0 Å². The molecule has 8 heteroatoms. The lowest BCUT2D eigenvalue weighted by Crippen LogP contribution is -2.03. The molecule has 0 unspecified atom stereocenters. The van der Waals surface area contributed by atoms with Crippen molar-refractivity contribution >= 4 is 140 Å². The molecule has 14 aromatic carbocycles. The van der Waals surface area contributed by atoms with Crippen molar-refractivity contribution in [1.29, 1.82) is 0 Å². The van der Waals surface area contributed by atoms with Crippen LogP contribution in [0.15, 0.2) is 309 Å². The highest BCUT2D eigenvalue weighted by atomic mass is 32.1. The van der Waals surface area contributed by atoms with Crippen LogP contribution in [0, 0.1) is 0 Å². The van der Waals surface area contributed by atoms with Gasteiger partial charge in [-0.2, -0.15) is 0 Å². The minimum absolute atomic E-state index is 0.665. The quantitative estimate of drug-likeness (QED) is 0.166. The number of nitrogens with zero attached hydrogens (tertiary/aromatic N) is 7. The lowest BCUT2D eigenvalue weighted by molar-refractivity contribution is 1.01. The zero-order valence-corrected chi connectivity index (χ0v) is 52.3. The van der Waals surface area contributed by atoms with E-state index < -0.39 is 0 Å². The van der Waals surface area contributed by atoms with Crippen molar-refractivity contribution in [3.8, 4) is 51.1 Å². The van der Waals surface area contributed by atoms with E-state index >= 15 is 0 Å². The molecular formula is C86H57N7S. The number of fused-ring (bicyclic) bond motifs is 20. The summed E-state index contributed by atoms with van der Waals surface area (Å²) in [5.74, 6) is 1.52. The molecule has 6 aromatic heterocycles. The zero-order valence-electron chi connectivity index (χ0n) is 51.5. The summed E-state index contributed by atoms with van der Waals surface area (Å²) >= 11 is 1.87. The van der Waals surface area contributed by atoms with Crippen LogP contribution in [0.1, 0.15) is 13.8 Å². The summed E-state index contributed by atoms with van der Waals surface area (Å²) in [5.41, 5.74) is 17.0. The number of benzene rings is 14. The molecule has 0 aliphatic heterocycles. The minimum Gasteiger partial charge on any atom is -0.309 e. The molecule has 20 aromatic rings. The fourth-order valence-electron chi connectivity index (χ4n) is 14.5. The Labute approximate surface area is 545 Å². The van der Waals surface area contributed by atoms with E-state index in [0.717, 1.165) is 72.5 Å². The van der Waals surface area contributed by atoms with Gasteiger partial charge in [-0.25, -0.2) is 19.9 Å². The van der Waals surface area contributed by atoms with Crippen LogP contribution < -0.4 is 0 Å². The van der Waals surface area contributed by atoms with Crippen LogP contribution >= 0.6 is 11.3 Å². The minimum atomic E-state index is 0.665. The van der Waals surface area contributed by atoms with Crippen LogP contribution in [-0.2, 0) is 0 Å². The van der Waals surface area contributed by atoms with Crippen molar-refractivity contribution in [3.05, 3.63) is 309 Å². The second kappa shape index (κ2) is 22.4. The molecule has 0 amide bonds. The SMILES string of the molecule is CC.c1ccc(-c2nc(-n3c4ccccc4c4cc(-c5ccc6c(c5)c5c7ccccc7ccc5n6-c5ccccc5)ccc43)nc3ccccc23)cc1.c1ccc(-c2nc3ccccc3nc2-n2c3ccccc3c3c4ccccc4c4c5ccccc5sc4c32)cc1. The molecule has 94 heavy (non-hydrogen) atoms. The third kappa shape index (κ3) is 8.64. The summed E-state index contributed by atoms with van der Waals surface area (Å²) in [7, 11) is 0. The van der Waals surface area contributed by atoms with Crippen LogP contribution in [0.4, 0.5) is 0 Å². The van der Waals surface area contributed by atoms with E-state index in [4.69, 9.17) is 19.9 Å². The summed E-state index contributed by atoms with van der Waals surface area (Å²) in [4.78, 5) is 21.0. The molecule has 6 heterocycles. The summed E-state index contributed by atoms with van der Waals surface area (Å²) in [6.45, 7) is 4.00. The second-order valence-electron chi connectivity index (χ2n) is 23.6. The first kappa shape index (κ1) is 54.8. The molecule has 0 radical (unpaired) electrons. The van der Waals surface area contributed by atoms with Crippen LogP contribution in [0.25, 0.3) is 180 Å². The van der Waals surface area contributed by atoms with E-state index in [0.29, 0.717) is 5.95 Å². The Morgan fingerprint density at radius 2 is 0.777 bits per heavy atom. The Kier molecular flexibility index (Phi) is 13.0. The average molecular weight is 1220 g/mol. The van der Waals surface area contributed by atoms with Crippen LogP contribution in [-0.4, -0.2) is 33.6 Å². The normalized spacial score (nSPS) is 11.7. The molecule has 0 N–H and O–H groups in total. The highest BCUT2D eigenvalue weighted by Gasteiger charge is 2.26. The van der Waals surface area contributed by atoms with E-state index in [9.17, 15) is 0 Å². The molecule has 442 valence electrons. The molecule has 0 bridgehead atoms. The van der Waals surface area contributed by atoms with Gasteiger partial charge in [-0.05, 0) is 112 Å². The van der Waals surface area contributed by atoms with Gasteiger partial charge in [-0.3, -0.25) is 9.13 Å². The fraction of sp³-hybridized carbons (Fsp3) is 0.0233. The van der Waals surface area contributed by atoms with E-state index in [2.05, 4.69) is 287 Å². The smallest absolute Gasteiger partial charge is 0.235 e. The largest absolute Gasteiger partial charge is 0.309 e. The first-order valence-corrected chi connectivity index (χ1v) is 32.9. The number of rotatable bonds is 6. The number of aromatic nitrogens is 7. The number of hydrogen-bond donors (Lipinski definition) is 0. The number of thiophene rings is 1. The number of para-hydroxylation sites is 6. The zero-order chi connectivity index (χ0) is 62.4. The van der Waals surface area contributed by atoms with Crippen molar-refractivity contribution in [2.75, 3.05) is 0 Å². The number of hydrogen-bond acceptors (Lipinski definition) is 5. The first-order chi connectivity index (χ1) is 46.7. The molecule has 0 aliphatic rings. The van der Waals surface area contributed by atoms with E-state index in [-0.39, 0.29) is 0 Å². The van der Waals surface area contributed by atoms with Gasteiger partial charge in [0.15, 0.2) is 5.82 Å². The molecule has 0 atom stereocenters. The van der Waals surface area contributed by atoms with Crippen molar-refractivity contribution in [1.82, 2.24) is 33.6 Å². The van der Waals surface area contributed by atoms with E-state index in [1.165, 1.54) is 102 Å². The molecule has 20 rings (SSSR count). The molecule has 0 saturated carbocycles. The molecule has 0 fully saturated rings. The highest BCUT2D eigenvalue weighted by molar-refractivity contribution is 7.27. The predicted octanol–water partition coefficient (Wildman–Crippen LogP) is 23.3. The standard InChI is InChI=1S/C48H30N4.C36H21N3S.C2H6/c1-3-14-32(15-4-1)47-38-20-9-11-21-41(38)49-48(50-47)52-42-22-12-10-19-37(42)39-29-33(24-26-43(39)52)34-25-27-44-40(30-34)46-36-18-8-7-13-31(36)23-28-45(46)51(44)35-16-5-2-6-17-35;1-2-12-22(13-3-1)33-36(38-28-19-9-8-18-27(28)37-33)39-29-20-10-6-16-25(29)31-23-14-4-5-15-24(23)32-26-17-7-11-21-30(26)40-35(32)34(31)39;1-2/h1-30H;1-21H;1-2H3. The molecular weight excluding hydrogens is 1160 g/mol. The Morgan fingerprint density at radius 1 is 0.277 bits per heavy atom. The second-order valence-corrected chi connectivity index (χ2v) is 24.7. The van der Waals surface area contributed by atoms with E-state index in [1.807, 2.05) is 61.6 Å². The van der Waals surface area contributed by atoms with Gasteiger partial charge in [0, 0.05) is 70.0 Å². The Balaban J connectivity index is 0.000000139. The van der Waals surface area contributed by atoms with Gasteiger partial charge >= 0.3 is 0 Å². The van der Waals surface area contributed by atoms with Crippen molar-refractivity contribution < 1.29 is 0 Å². The highest BCUT2D eigenvalue weighted by Crippen LogP contribution is 2.49. The third-order valence-corrected chi connectivity index (χ3v) is 19.7. The summed E-state index contributed by atoms with van der Waals surface area (Å²) in [5, 5.41) is 16.1. The van der Waals surface area contributed by atoms with Gasteiger partial charge in [-0.1, -0.05) is 244 Å². The Morgan fingerprint density at radius 3 is 1.49 bits per heavy atom. The monoisotopic (exact) mass is 1220 g/mol. The first-order valence-electron chi connectivity index (χ1n) is 32.1. The van der Waals surface area contributed by atoms with Gasteiger partial charge in [0.1, 0.15) is 5.69 Å². The van der Waals surface area contributed by atoms with Gasteiger partial charge < -0.3 is 4.57 Å². The Bertz CT molecular complexity index is 6380. The lowest BCUT2D eigenvalue weighted by atomic mass is 9.99. The van der Waals surface area contributed by atoms with E-state index in [1.54, 1.807) is 0 Å². The summed E-state index contributed by atoms with van der Waals surface area (Å²) < 4.78 is 9.55. The molecule has 7 nitrogen and oxygen atoms in total. The van der Waals surface area contributed by atoms with Gasteiger partial charge in [0.2, 0.25) is 5.95 Å². The van der Waals surface area contributed by atoms with Crippen LogP contribution in [0.5, 0.6) is 0 Å². The molecule has 0 spiro atoms. The maximum absolute atomic E-state index is 5.34. The Hall–Kier alpha value is -12.1. The van der Waals surface area contributed by atoms with Gasteiger partial charge in [0.05, 0.1) is 60.0 Å². The maximum Gasteiger partial charge on any atom is 0.235 e. The maximum atomic E-state index is 5.34. The van der Waals surface area contributed by atoms with Gasteiger partial charge in [-0.15, -0.1) is 11.3 Å². The van der Waals surface area contributed by atoms with Crippen molar-refractivity contribution in [2.24, 2.45) is 0 Å². The average Bonchev–Trinajstić information content (AvgIpc) is 1.53.